The van der Waals surface area contributed by atoms with E-state index in [1.165, 1.54) is 0 Å². The molecule has 0 fully saturated rings. The Morgan fingerprint density at radius 2 is 2.38 bits per heavy atom. The van der Waals surface area contributed by atoms with Crippen molar-refractivity contribution in [1.82, 2.24) is 4.98 Å². The highest BCUT2D eigenvalue weighted by Gasteiger charge is 2.17. The van der Waals surface area contributed by atoms with Crippen LogP contribution in [0, 0.1) is 0 Å². The minimum Gasteiger partial charge on any atom is -0.299 e. The van der Waals surface area contributed by atoms with Gasteiger partial charge < -0.3 is 0 Å². The topological polar surface area (TPSA) is 42.3 Å². The molecule has 0 amide bonds. The Balaban J connectivity index is 2.22. The molecule has 0 bridgehead atoms. The molecule has 0 N–H and O–H groups in total. The molecule has 1 atom stereocenters. The molecule has 13 heavy (non-hydrogen) atoms. The van der Waals surface area contributed by atoms with Gasteiger partial charge in [-0.25, -0.2) is 0 Å². The number of aliphatic imine (C=N–C) groups is 1. The van der Waals surface area contributed by atoms with Gasteiger partial charge >= 0.3 is 0 Å². The maximum absolute atomic E-state index is 11.1. The molecule has 0 spiro atoms. The zero-order valence-corrected chi connectivity index (χ0v) is 7.18. The fraction of sp³-hybridized carbons (Fsp3) is 0.300. The van der Waals surface area contributed by atoms with Gasteiger partial charge in [0.25, 0.3) is 0 Å². The molecule has 0 saturated heterocycles. The van der Waals surface area contributed by atoms with E-state index < -0.39 is 0 Å². The number of hydrogen-bond acceptors (Lipinski definition) is 3. The van der Waals surface area contributed by atoms with Gasteiger partial charge in [-0.2, -0.15) is 0 Å². The molecule has 0 aromatic carbocycles. The van der Waals surface area contributed by atoms with Crippen LogP contribution in [0.25, 0.3) is 0 Å². The maximum Gasteiger partial charge on any atom is 0.140 e. The van der Waals surface area contributed by atoms with Crippen molar-refractivity contribution in [3.8, 4) is 0 Å². The molecule has 0 aliphatic carbocycles. The first kappa shape index (κ1) is 8.10. The SMILES string of the molecule is O=C1CC=NC(c2cccnc2)C1. The first-order valence-corrected chi connectivity index (χ1v) is 4.29. The fourth-order valence-electron chi connectivity index (χ4n) is 1.41. The number of hydrogen-bond donors (Lipinski definition) is 0. The van der Waals surface area contributed by atoms with Crippen molar-refractivity contribution in [2.24, 2.45) is 4.99 Å². The average molecular weight is 174 g/mol. The highest BCUT2D eigenvalue weighted by molar-refractivity contribution is 5.93. The molecule has 66 valence electrons. The van der Waals surface area contributed by atoms with Crippen molar-refractivity contribution in [3.05, 3.63) is 30.1 Å². The summed E-state index contributed by atoms with van der Waals surface area (Å²) in [5.41, 5.74) is 1.02. The quantitative estimate of drug-likeness (QED) is 0.648. The van der Waals surface area contributed by atoms with Crippen LogP contribution >= 0.6 is 0 Å². The van der Waals surface area contributed by atoms with E-state index >= 15 is 0 Å². The second kappa shape index (κ2) is 3.47. The smallest absolute Gasteiger partial charge is 0.140 e. The van der Waals surface area contributed by atoms with E-state index in [9.17, 15) is 4.79 Å². The lowest BCUT2D eigenvalue weighted by atomic mass is 10.0. The van der Waals surface area contributed by atoms with Crippen LogP contribution in [0.3, 0.4) is 0 Å². The molecule has 1 unspecified atom stereocenters. The Labute approximate surface area is 76.5 Å². The molecule has 2 rings (SSSR count). The molecular formula is C10H10N2O. The minimum atomic E-state index is -0.00468. The first-order chi connectivity index (χ1) is 6.36. The summed E-state index contributed by atoms with van der Waals surface area (Å²) in [6.07, 6.45) is 6.18. The van der Waals surface area contributed by atoms with Gasteiger partial charge in [-0.05, 0) is 11.6 Å². The predicted molar refractivity (Wildman–Crippen MR) is 49.7 cm³/mol. The molecule has 1 aromatic heterocycles. The zero-order chi connectivity index (χ0) is 9.10. The van der Waals surface area contributed by atoms with Gasteiger partial charge in [-0.3, -0.25) is 14.8 Å². The highest BCUT2D eigenvalue weighted by Crippen LogP contribution is 2.23. The minimum absolute atomic E-state index is 0.00468. The highest BCUT2D eigenvalue weighted by atomic mass is 16.1. The Hall–Kier alpha value is -1.51. The number of carbonyl (C=O) groups is 1. The Bertz CT molecular complexity index is 332. The number of nitrogens with zero attached hydrogens (tertiary/aromatic N) is 2. The normalized spacial score (nSPS) is 21.8. The second-order valence-electron chi connectivity index (χ2n) is 3.08. The van der Waals surface area contributed by atoms with Crippen LogP contribution in [-0.4, -0.2) is 17.0 Å². The second-order valence-corrected chi connectivity index (χ2v) is 3.08. The number of carbonyl (C=O) groups excluding carboxylic acids is 1. The van der Waals surface area contributed by atoms with Gasteiger partial charge in [-0.1, -0.05) is 6.07 Å². The molecular weight excluding hydrogens is 164 g/mol. The van der Waals surface area contributed by atoms with Crippen molar-refractivity contribution >= 4 is 12.0 Å². The van der Waals surface area contributed by atoms with Crippen LogP contribution in [0.1, 0.15) is 24.4 Å². The molecule has 0 saturated carbocycles. The van der Waals surface area contributed by atoms with Gasteiger partial charge in [-0.15, -0.1) is 0 Å². The molecule has 2 heterocycles. The maximum atomic E-state index is 11.1. The third-order valence-corrected chi connectivity index (χ3v) is 2.09. The van der Waals surface area contributed by atoms with E-state index in [1.807, 2.05) is 12.1 Å². The van der Waals surface area contributed by atoms with Crippen LogP contribution < -0.4 is 0 Å². The summed E-state index contributed by atoms with van der Waals surface area (Å²) in [6.45, 7) is 0. The van der Waals surface area contributed by atoms with Crippen LogP contribution in [0.5, 0.6) is 0 Å². The Morgan fingerprint density at radius 3 is 3.08 bits per heavy atom. The molecule has 1 aliphatic heterocycles. The van der Waals surface area contributed by atoms with Crippen LogP contribution in [0.4, 0.5) is 0 Å². The number of pyridine rings is 1. The van der Waals surface area contributed by atoms with Crippen LogP contribution in [0.2, 0.25) is 0 Å². The number of Topliss-reactive ketones (excluding diaryl/α,β-unsaturated/α-hetero) is 1. The molecule has 1 aliphatic rings. The molecule has 3 nitrogen and oxygen atoms in total. The summed E-state index contributed by atoms with van der Waals surface area (Å²) < 4.78 is 0. The summed E-state index contributed by atoms with van der Waals surface area (Å²) in [4.78, 5) is 19.4. The monoisotopic (exact) mass is 174 g/mol. The number of aromatic nitrogens is 1. The van der Waals surface area contributed by atoms with E-state index in [4.69, 9.17) is 0 Å². The molecule has 1 aromatic rings. The number of ketones is 1. The summed E-state index contributed by atoms with van der Waals surface area (Å²) in [6, 6.07) is 3.81. The van der Waals surface area contributed by atoms with E-state index in [2.05, 4.69) is 9.98 Å². The standard InChI is InChI=1S/C10H10N2O/c13-9-3-5-12-10(6-9)8-2-1-4-11-7-8/h1-2,4-5,7,10H,3,6H2. The van der Waals surface area contributed by atoms with E-state index in [-0.39, 0.29) is 11.8 Å². The zero-order valence-electron chi connectivity index (χ0n) is 7.18. The molecule has 0 radical (unpaired) electrons. The summed E-state index contributed by atoms with van der Waals surface area (Å²) in [5, 5.41) is 0. The third-order valence-electron chi connectivity index (χ3n) is 2.09. The van der Waals surface area contributed by atoms with E-state index in [0.717, 1.165) is 5.56 Å². The van der Waals surface area contributed by atoms with Crippen molar-refractivity contribution in [3.63, 3.8) is 0 Å². The van der Waals surface area contributed by atoms with E-state index in [1.54, 1.807) is 18.6 Å². The number of rotatable bonds is 1. The van der Waals surface area contributed by atoms with E-state index in [0.29, 0.717) is 12.8 Å². The van der Waals surface area contributed by atoms with Crippen LogP contribution in [-0.2, 0) is 4.79 Å². The third kappa shape index (κ3) is 1.80. The summed E-state index contributed by atoms with van der Waals surface area (Å²) in [7, 11) is 0. The van der Waals surface area contributed by atoms with Crippen molar-refractivity contribution in [2.45, 2.75) is 18.9 Å². The Morgan fingerprint density at radius 1 is 1.46 bits per heavy atom. The molecule has 3 heteroatoms. The van der Waals surface area contributed by atoms with Gasteiger partial charge in [0, 0.05) is 31.4 Å². The largest absolute Gasteiger partial charge is 0.299 e. The predicted octanol–water partition coefficient (Wildman–Crippen LogP) is 1.56. The lowest BCUT2D eigenvalue weighted by Crippen LogP contribution is -2.11. The summed E-state index contributed by atoms with van der Waals surface area (Å²) >= 11 is 0. The van der Waals surface area contributed by atoms with Gasteiger partial charge in [0.1, 0.15) is 5.78 Å². The van der Waals surface area contributed by atoms with Crippen molar-refractivity contribution in [2.75, 3.05) is 0 Å². The van der Waals surface area contributed by atoms with Gasteiger partial charge in [0.15, 0.2) is 0 Å². The van der Waals surface area contributed by atoms with Crippen molar-refractivity contribution in [1.29, 1.82) is 0 Å². The van der Waals surface area contributed by atoms with Gasteiger partial charge in [0.2, 0.25) is 0 Å². The average Bonchev–Trinajstić information content (AvgIpc) is 2.19. The fourth-order valence-corrected chi connectivity index (χ4v) is 1.41. The Kier molecular flexibility index (Phi) is 2.17. The lowest BCUT2D eigenvalue weighted by molar-refractivity contribution is -0.118. The van der Waals surface area contributed by atoms with Crippen molar-refractivity contribution < 1.29 is 4.79 Å². The van der Waals surface area contributed by atoms with Crippen LogP contribution in [0.15, 0.2) is 29.5 Å². The lowest BCUT2D eigenvalue weighted by Gasteiger charge is -2.14. The summed E-state index contributed by atoms with van der Waals surface area (Å²) in [5.74, 6) is 0.254. The first-order valence-electron chi connectivity index (χ1n) is 4.29. The van der Waals surface area contributed by atoms with Gasteiger partial charge in [0.05, 0.1) is 6.04 Å².